The van der Waals surface area contributed by atoms with Gasteiger partial charge in [0.05, 0.1) is 30.9 Å². The third-order valence-electron chi connectivity index (χ3n) is 4.65. The molecule has 1 N–H and O–H groups in total. The zero-order valence-corrected chi connectivity index (χ0v) is 13.5. The Kier molecular flexibility index (Phi) is 4.69. The number of esters is 1. The maximum atomic E-state index is 12.6. The van der Waals surface area contributed by atoms with Gasteiger partial charge in [0.1, 0.15) is 0 Å². The van der Waals surface area contributed by atoms with Crippen LogP contribution in [0.2, 0.25) is 0 Å². The van der Waals surface area contributed by atoms with Crippen molar-refractivity contribution in [2.24, 2.45) is 5.92 Å². The fourth-order valence-corrected chi connectivity index (χ4v) is 3.30. The number of likely N-dealkylation sites (tertiary alicyclic amines) is 1. The summed E-state index contributed by atoms with van der Waals surface area (Å²) in [6, 6.07) is 8.06. The van der Waals surface area contributed by atoms with E-state index in [-0.39, 0.29) is 17.8 Å². The molecule has 0 atom stereocenters. The summed E-state index contributed by atoms with van der Waals surface area (Å²) in [5.41, 5.74) is 2.16. The van der Waals surface area contributed by atoms with Gasteiger partial charge in [0.25, 0.3) is 0 Å². The molecule has 6 heteroatoms. The van der Waals surface area contributed by atoms with Crippen LogP contribution in [0, 0.1) is 5.92 Å². The second kappa shape index (κ2) is 6.89. The first-order valence-corrected chi connectivity index (χ1v) is 8.12. The van der Waals surface area contributed by atoms with Gasteiger partial charge in [-0.05, 0) is 25.0 Å². The molecule has 1 aromatic carbocycles. The molecule has 124 valence electrons. The van der Waals surface area contributed by atoms with Gasteiger partial charge in [-0.2, -0.15) is 0 Å². The van der Waals surface area contributed by atoms with Crippen LogP contribution in [0.3, 0.4) is 0 Å². The van der Waals surface area contributed by atoms with Crippen molar-refractivity contribution in [1.29, 1.82) is 0 Å². The summed E-state index contributed by atoms with van der Waals surface area (Å²) in [4.78, 5) is 28.1. The fraction of sp³-hybridized carbons (Fsp3) is 0.529. The molecule has 6 nitrogen and oxygen atoms in total. The van der Waals surface area contributed by atoms with Gasteiger partial charge in [-0.25, -0.2) is 0 Å². The Morgan fingerprint density at radius 1 is 1.22 bits per heavy atom. The van der Waals surface area contributed by atoms with E-state index < -0.39 is 0 Å². The number of methoxy groups -OCH3 is 1. The summed E-state index contributed by atoms with van der Waals surface area (Å²) in [5.74, 6) is -0.0953. The molecule has 1 aromatic rings. The number of carbonyl (C=O) groups excluding carboxylic acids is 2. The second-order valence-corrected chi connectivity index (χ2v) is 6.04. The molecule has 1 amide bonds. The summed E-state index contributed by atoms with van der Waals surface area (Å²) >= 11 is 0. The lowest BCUT2D eigenvalue weighted by Crippen LogP contribution is -2.47. The van der Waals surface area contributed by atoms with Crippen molar-refractivity contribution in [3.63, 3.8) is 0 Å². The fourth-order valence-electron chi connectivity index (χ4n) is 3.30. The van der Waals surface area contributed by atoms with Crippen molar-refractivity contribution in [3.8, 4) is 0 Å². The molecule has 2 aliphatic heterocycles. The van der Waals surface area contributed by atoms with E-state index in [0.29, 0.717) is 32.5 Å². The summed E-state index contributed by atoms with van der Waals surface area (Å²) < 4.78 is 4.79. The largest absolute Gasteiger partial charge is 0.469 e. The minimum Gasteiger partial charge on any atom is -0.469 e. The van der Waals surface area contributed by atoms with Gasteiger partial charge in [-0.15, -0.1) is 0 Å². The summed E-state index contributed by atoms with van der Waals surface area (Å²) in [6.45, 7) is 3.32. The van der Waals surface area contributed by atoms with Crippen LogP contribution in [-0.2, 0) is 14.3 Å². The quantitative estimate of drug-likeness (QED) is 0.852. The van der Waals surface area contributed by atoms with Crippen molar-refractivity contribution < 1.29 is 14.3 Å². The first kappa shape index (κ1) is 15.6. The van der Waals surface area contributed by atoms with Crippen LogP contribution in [0.4, 0.5) is 11.4 Å². The molecule has 2 heterocycles. The zero-order valence-electron chi connectivity index (χ0n) is 13.5. The molecule has 3 rings (SSSR count). The maximum absolute atomic E-state index is 12.6. The third kappa shape index (κ3) is 3.41. The van der Waals surface area contributed by atoms with E-state index in [1.807, 2.05) is 29.2 Å². The molecule has 1 saturated heterocycles. The maximum Gasteiger partial charge on any atom is 0.308 e. The number of fused-ring (bicyclic) bond motifs is 1. The molecule has 0 saturated carbocycles. The Morgan fingerprint density at radius 2 is 1.96 bits per heavy atom. The average Bonchev–Trinajstić information content (AvgIpc) is 2.61. The molecule has 2 aliphatic rings. The second-order valence-electron chi connectivity index (χ2n) is 6.04. The molecular formula is C17H23N3O3. The van der Waals surface area contributed by atoms with Gasteiger partial charge in [0.2, 0.25) is 5.91 Å². The number of carbonyl (C=O) groups is 2. The predicted molar refractivity (Wildman–Crippen MR) is 88.5 cm³/mol. The summed E-state index contributed by atoms with van der Waals surface area (Å²) in [5, 5.41) is 3.35. The Labute approximate surface area is 136 Å². The number of hydrogen-bond acceptors (Lipinski definition) is 5. The van der Waals surface area contributed by atoms with E-state index in [9.17, 15) is 9.59 Å². The van der Waals surface area contributed by atoms with Crippen LogP contribution < -0.4 is 10.2 Å². The molecule has 1 fully saturated rings. The zero-order chi connectivity index (χ0) is 16.2. The van der Waals surface area contributed by atoms with Gasteiger partial charge >= 0.3 is 5.97 Å². The highest BCUT2D eigenvalue weighted by Gasteiger charge is 2.29. The number of rotatable bonds is 3. The van der Waals surface area contributed by atoms with E-state index >= 15 is 0 Å². The van der Waals surface area contributed by atoms with Crippen molar-refractivity contribution in [3.05, 3.63) is 24.3 Å². The Morgan fingerprint density at radius 3 is 2.70 bits per heavy atom. The van der Waals surface area contributed by atoms with E-state index in [0.717, 1.165) is 24.5 Å². The minimum absolute atomic E-state index is 0.0658. The summed E-state index contributed by atoms with van der Waals surface area (Å²) in [6.07, 6.45) is 1.38. The lowest BCUT2D eigenvalue weighted by Gasteiger charge is -2.35. The molecule has 23 heavy (non-hydrogen) atoms. The average molecular weight is 317 g/mol. The number of para-hydroxylation sites is 2. The standard InChI is InChI=1S/C17H23N3O3/c1-23-17(22)13-6-9-19(10-7-13)16(21)12-20-11-8-18-14-4-2-3-5-15(14)20/h2-5,13,18H,6-12H2,1H3. The smallest absolute Gasteiger partial charge is 0.308 e. The number of anilines is 2. The van der Waals surface area contributed by atoms with Gasteiger partial charge in [-0.3, -0.25) is 9.59 Å². The molecular weight excluding hydrogens is 294 g/mol. The van der Waals surface area contributed by atoms with Crippen LogP contribution in [0.1, 0.15) is 12.8 Å². The van der Waals surface area contributed by atoms with Gasteiger partial charge < -0.3 is 19.9 Å². The number of nitrogens with zero attached hydrogens (tertiary/aromatic N) is 2. The summed E-state index contributed by atoms with van der Waals surface area (Å²) in [7, 11) is 1.42. The lowest BCUT2D eigenvalue weighted by atomic mass is 9.97. The van der Waals surface area contributed by atoms with E-state index in [4.69, 9.17) is 4.74 Å². The molecule has 0 aromatic heterocycles. The van der Waals surface area contributed by atoms with Crippen molar-refractivity contribution in [2.45, 2.75) is 12.8 Å². The van der Waals surface area contributed by atoms with Crippen LogP contribution >= 0.6 is 0 Å². The topological polar surface area (TPSA) is 61.9 Å². The number of hydrogen-bond donors (Lipinski definition) is 1. The lowest BCUT2D eigenvalue weighted by molar-refractivity contribution is -0.148. The third-order valence-corrected chi connectivity index (χ3v) is 4.65. The number of piperidine rings is 1. The van der Waals surface area contributed by atoms with Crippen molar-refractivity contribution in [2.75, 3.05) is 50.1 Å². The van der Waals surface area contributed by atoms with E-state index in [2.05, 4.69) is 10.2 Å². The number of amides is 1. The predicted octanol–water partition coefficient (Wildman–Crippen LogP) is 1.33. The first-order chi connectivity index (χ1) is 11.2. The van der Waals surface area contributed by atoms with E-state index in [1.54, 1.807) is 0 Å². The highest BCUT2D eigenvalue weighted by atomic mass is 16.5. The van der Waals surface area contributed by atoms with Crippen LogP contribution in [0.5, 0.6) is 0 Å². The van der Waals surface area contributed by atoms with Gasteiger partial charge in [0.15, 0.2) is 0 Å². The highest BCUT2D eigenvalue weighted by molar-refractivity contribution is 5.84. The number of ether oxygens (including phenoxy) is 1. The Bertz CT molecular complexity index is 582. The van der Waals surface area contributed by atoms with Gasteiger partial charge in [0, 0.05) is 26.2 Å². The Balaban J connectivity index is 1.58. The SMILES string of the molecule is COC(=O)C1CCN(C(=O)CN2CCNc3ccccc32)CC1. The Hall–Kier alpha value is -2.24. The van der Waals surface area contributed by atoms with E-state index in [1.165, 1.54) is 7.11 Å². The minimum atomic E-state index is -0.159. The van der Waals surface area contributed by atoms with Crippen LogP contribution in [0.15, 0.2) is 24.3 Å². The van der Waals surface area contributed by atoms with Crippen LogP contribution in [0.25, 0.3) is 0 Å². The first-order valence-electron chi connectivity index (χ1n) is 8.12. The van der Waals surface area contributed by atoms with Crippen molar-refractivity contribution in [1.82, 2.24) is 4.90 Å². The van der Waals surface area contributed by atoms with Crippen molar-refractivity contribution >= 4 is 23.3 Å². The normalized spacial score (nSPS) is 18.1. The number of nitrogens with one attached hydrogen (secondary N) is 1. The molecule has 0 bridgehead atoms. The molecule has 0 spiro atoms. The molecule has 0 aliphatic carbocycles. The molecule has 0 radical (unpaired) electrons. The highest BCUT2D eigenvalue weighted by Crippen LogP contribution is 2.28. The van der Waals surface area contributed by atoms with Gasteiger partial charge in [-0.1, -0.05) is 12.1 Å². The number of benzene rings is 1. The van der Waals surface area contributed by atoms with Crippen LogP contribution in [-0.4, -0.2) is 56.6 Å². The monoisotopic (exact) mass is 317 g/mol. The molecule has 0 unspecified atom stereocenters.